The van der Waals surface area contributed by atoms with Crippen molar-refractivity contribution in [3.63, 3.8) is 0 Å². The first-order chi connectivity index (χ1) is 7.25. The Hall–Kier alpha value is -0.620. The number of carbonyl (C=O) groups excluding carboxylic acids is 1. The highest BCUT2D eigenvalue weighted by atomic mass is 127. The minimum atomic E-state index is -0.0112. The van der Waals surface area contributed by atoms with Gasteiger partial charge in [-0.2, -0.15) is 0 Å². The van der Waals surface area contributed by atoms with Gasteiger partial charge in [-0.05, 0) is 60.2 Å². The first-order valence-corrected chi connectivity index (χ1v) is 6.13. The van der Waals surface area contributed by atoms with Crippen LogP contribution in [0.4, 0.5) is 5.69 Å². The van der Waals surface area contributed by atoms with Gasteiger partial charge in [0.1, 0.15) is 0 Å². The van der Waals surface area contributed by atoms with E-state index < -0.39 is 0 Å². The highest BCUT2D eigenvalue weighted by molar-refractivity contribution is 14.1. The first kappa shape index (κ1) is 10.9. The Labute approximate surface area is 103 Å². The summed E-state index contributed by atoms with van der Waals surface area (Å²) in [5, 5.41) is 6.10. The van der Waals surface area contributed by atoms with E-state index in [4.69, 9.17) is 0 Å². The molecule has 80 valence electrons. The minimum absolute atomic E-state index is 0.0112. The molecule has 3 nitrogen and oxygen atoms in total. The highest BCUT2D eigenvalue weighted by Crippen LogP contribution is 2.14. The Morgan fingerprint density at radius 1 is 1.53 bits per heavy atom. The van der Waals surface area contributed by atoms with E-state index in [0.29, 0.717) is 0 Å². The van der Waals surface area contributed by atoms with Crippen LogP contribution in [-0.4, -0.2) is 18.5 Å². The lowest BCUT2D eigenvalue weighted by molar-refractivity contribution is -0.117. The van der Waals surface area contributed by atoms with E-state index in [1.165, 1.54) is 0 Å². The van der Waals surface area contributed by atoms with E-state index in [-0.39, 0.29) is 11.9 Å². The number of benzene rings is 1. The normalized spacial score (nSPS) is 20.2. The number of carbonyl (C=O) groups is 1. The van der Waals surface area contributed by atoms with E-state index in [2.05, 4.69) is 33.2 Å². The van der Waals surface area contributed by atoms with Crippen LogP contribution in [0.3, 0.4) is 0 Å². The molecule has 2 N–H and O–H groups in total. The molecule has 4 heteroatoms. The first-order valence-electron chi connectivity index (χ1n) is 5.05. The van der Waals surface area contributed by atoms with Gasteiger partial charge in [0.05, 0.1) is 6.04 Å². The summed E-state index contributed by atoms with van der Waals surface area (Å²) >= 11 is 2.23. The summed E-state index contributed by atoms with van der Waals surface area (Å²) in [5.41, 5.74) is 0.876. The van der Waals surface area contributed by atoms with Gasteiger partial charge in [0.25, 0.3) is 0 Å². The lowest BCUT2D eigenvalue weighted by Crippen LogP contribution is -2.35. The van der Waals surface area contributed by atoms with Crippen LogP contribution in [0, 0.1) is 3.57 Å². The summed E-state index contributed by atoms with van der Waals surface area (Å²) in [6, 6.07) is 7.81. The van der Waals surface area contributed by atoms with Gasteiger partial charge < -0.3 is 10.6 Å². The zero-order chi connectivity index (χ0) is 10.7. The van der Waals surface area contributed by atoms with Crippen molar-refractivity contribution in [2.75, 3.05) is 11.9 Å². The van der Waals surface area contributed by atoms with Crippen LogP contribution in [0.5, 0.6) is 0 Å². The van der Waals surface area contributed by atoms with Gasteiger partial charge in [0, 0.05) is 9.26 Å². The molecule has 1 fully saturated rings. The number of halogens is 1. The van der Waals surface area contributed by atoms with Crippen molar-refractivity contribution in [1.29, 1.82) is 0 Å². The number of hydrogen-bond acceptors (Lipinski definition) is 2. The second-order valence-corrected chi connectivity index (χ2v) is 4.89. The Kier molecular flexibility index (Phi) is 3.58. The summed E-state index contributed by atoms with van der Waals surface area (Å²) in [4.78, 5) is 11.7. The number of hydrogen-bond donors (Lipinski definition) is 2. The van der Waals surface area contributed by atoms with E-state index in [0.717, 1.165) is 28.6 Å². The van der Waals surface area contributed by atoms with E-state index in [1.54, 1.807) is 0 Å². The Morgan fingerprint density at radius 3 is 3.07 bits per heavy atom. The van der Waals surface area contributed by atoms with Gasteiger partial charge in [0.15, 0.2) is 0 Å². The molecule has 0 aromatic heterocycles. The SMILES string of the molecule is O=C(Nc1cccc(I)c1)[C@@H]1CCCN1. The van der Waals surface area contributed by atoms with E-state index in [9.17, 15) is 4.79 Å². The smallest absolute Gasteiger partial charge is 0.241 e. The number of nitrogens with one attached hydrogen (secondary N) is 2. The second-order valence-electron chi connectivity index (χ2n) is 3.65. The van der Waals surface area contributed by atoms with Gasteiger partial charge >= 0.3 is 0 Å². The molecule has 0 spiro atoms. The molecule has 1 aromatic carbocycles. The molecule has 2 rings (SSSR count). The Balaban J connectivity index is 1.99. The summed E-state index contributed by atoms with van der Waals surface area (Å²) in [5.74, 6) is 0.0782. The van der Waals surface area contributed by atoms with Crippen molar-refractivity contribution in [3.05, 3.63) is 27.8 Å². The molecule has 0 aliphatic carbocycles. The maximum atomic E-state index is 11.7. The lowest BCUT2D eigenvalue weighted by Gasteiger charge is -2.10. The standard InChI is InChI=1S/C11H13IN2O/c12-8-3-1-4-9(7-8)14-11(15)10-5-2-6-13-10/h1,3-4,7,10,13H,2,5-6H2,(H,14,15)/t10-/m0/s1. The molecule has 1 atom stereocenters. The van der Waals surface area contributed by atoms with E-state index in [1.807, 2.05) is 24.3 Å². The maximum Gasteiger partial charge on any atom is 0.241 e. The van der Waals surface area contributed by atoms with Crippen molar-refractivity contribution >= 4 is 34.2 Å². The average molecular weight is 316 g/mol. The topological polar surface area (TPSA) is 41.1 Å². The summed E-state index contributed by atoms with van der Waals surface area (Å²) in [6.45, 7) is 0.949. The van der Waals surface area contributed by atoms with Crippen LogP contribution in [0.25, 0.3) is 0 Å². The molecule has 1 aromatic rings. The molecule has 1 amide bonds. The van der Waals surface area contributed by atoms with Crippen molar-refractivity contribution in [1.82, 2.24) is 5.32 Å². The largest absolute Gasteiger partial charge is 0.325 e. The molecule has 0 bridgehead atoms. The number of amides is 1. The minimum Gasteiger partial charge on any atom is -0.325 e. The summed E-state index contributed by atoms with van der Waals surface area (Å²) in [6.07, 6.45) is 2.03. The molecule has 1 saturated heterocycles. The Bertz CT molecular complexity index is 361. The highest BCUT2D eigenvalue weighted by Gasteiger charge is 2.21. The Morgan fingerprint density at radius 2 is 2.40 bits per heavy atom. The molecular formula is C11H13IN2O. The van der Waals surface area contributed by atoms with Crippen LogP contribution < -0.4 is 10.6 Å². The van der Waals surface area contributed by atoms with Crippen LogP contribution in [0.1, 0.15) is 12.8 Å². The summed E-state index contributed by atoms with van der Waals surface area (Å²) in [7, 11) is 0. The zero-order valence-corrected chi connectivity index (χ0v) is 10.5. The molecular weight excluding hydrogens is 303 g/mol. The quantitative estimate of drug-likeness (QED) is 0.819. The van der Waals surface area contributed by atoms with Crippen molar-refractivity contribution in [2.45, 2.75) is 18.9 Å². The summed E-state index contributed by atoms with van der Waals surface area (Å²) < 4.78 is 1.13. The van der Waals surface area contributed by atoms with Crippen LogP contribution in [0.2, 0.25) is 0 Å². The van der Waals surface area contributed by atoms with Crippen LogP contribution in [-0.2, 0) is 4.79 Å². The number of rotatable bonds is 2. The zero-order valence-electron chi connectivity index (χ0n) is 8.29. The fourth-order valence-electron chi connectivity index (χ4n) is 1.70. The maximum absolute atomic E-state index is 11.7. The van der Waals surface area contributed by atoms with Crippen molar-refractivity contribution in [3.8, 4) is 0 Å². The van der Waals surface area contributed by atoms with Crippen LogP contribution in [0.15, 0.2) is 24.3 Å². The van der Waals surface area contributed by atoms with E-state index >= 15 is 0 Å². The van der Waals surface area contributed by atoms with Gasteiger partial charge in [-0.15, -0.1) is 0 Å². The molecule has 0 radical (unpaired) electrons. The predicted octanol–water partition coefficient (Wildman–Crippen LogP) is 1.98. The van der Waals surface area contributed by atoms with Crippen molar-refractivity contribution in [2.24, 2.45) is 0 Å². The van der Waals surface area contributed by atoms with Gasteiger partial charge in [0.2, 0.25) is 5.91 Å². The molecule has 1 aliphatic heterocycles. The molecule has 1 heterocycles. The molecule has 0 saturated carbocycles. The monoisotopic (exact) mass is 316 g/mol. The third kappa shape index (κ3) is 2.92. The molecule has 1 aliphatic rings. The van der Waals surface area contributed by atoms with Gasteiger partial charge in [-0.3, -0.25) is 4.79 Å². The van der Waals surface area contributed by atoms with Crippen molar-refractivity contribution < 1.29 is 4.79 Å². The van der Waals surface area contributed by atoms with Crippen LogP contribution >= 0.6 is 22.6 Å². The third-order valence-corrected chi connectivity index (χ3v) is 3.14. The van der Waals surface area contributed by atoms with Gasteiger partial charge in [-0.25, -0.2) is 0 Å². The predicted molar refractivity (Wildman–Crippen MR) is 68.8 cm³/mol. The fourth-order valence-corrected chi connectivity index (χ4v) is 2.25. The molecule has 0 unspecified atom stereocenters. The average Bonchev–Trinajstić information content (AvgIpc) is 2.70. The lowest BCUT2D eigenvalue weighted by atomic mass is 10.2. The number of anilines is 1. The molecule has 15 heavy (non-hydrogen) atoms. The second kappa shape index (κ2) is 4.94. The van der Waals surface area contributed by atoms with Gasteiger partial charge in [-0.1, -0.05) is 6.07 Å². The fraction of sp³-hybridized carbons (Fsp3) is 0.364. The third-order valence-electron chi connectivity index (χ3n) is 2.47.